The number of aromatic nitrogens is 2. The Hall–Kier alpha value is -4.39. The summed E-state index contributed by atoms with van der Waals surface area (Å²) in [7, 11) is 0. The van der Waals surface area contributed by atoms with Gasteiger partial charge in [0.25, 0.3) is 0 Å². The summed E-state index contributed by atoms with van der Waals surface area (Å²) in [5.74, 6) is -0.998. The molecule has 0 unspecified atom stereocenters. The second-order valence-electron chi connectivity index (χ2n) is 6.68. The van der Waals surface area contributed by atoms with Crippen molar-refractivity contribution >= 4 is 45.9 Å². The van der Waals surface area contributed by atoms with Gasteiger partial charge in [0.15, 0.2) is 0 Å². The van der Waals surface area contributed by atoms with E-state index < -0.39 is 11.8 Å². The smallest absolute Gasteiger partial charge is 0.249 e. The van der Waals surface area contributed by atoms with Crippen LogP contribution in [0.4, 0.5) is 11.4 Å². The molecule has 7 heteroatoms. The Morgan fingerprint density at radius 3 is 2.33 bits per heavy atom. The van der Waals surface area contributed by atoms with E-state index >= 15 is 0 Å². The molecule has 0 atom stereocenters. The molecule has 2 aromatic carbocycles. The molecule has 0 aliphatic heterocycles. The van der Waals surface area contributed by atoms with Gasteiger partial charge in [0.2, 0.25) is 11.8 Å². The number of amides is 2. The minimum absolute atomic E-state index is 0.400. The number of nitrogens with zero attached hydrogens (tertiary/aromatic N) is 1. The summed E-state index contributed by atoms with van der Waals surface area (Å²) in [5.41, 5.74) is 15.5. The lowest BCUT2D eigenvalue weighted by Crippen LogP contribution is -2.12. The Labute approximate surface area is 172 Å². The van der Waals surface area contributed by atoms with Gasteiger partial charge in [-0.1, -0.05) is 30.3 Å². The third-order valence-electron chi connectivity index (χ3n) is 4.70. The molecular weight excluding hydrogens is 378 g/mol. The van der Waals surface area contributed by atoms with E-state index in [2.05, 4.69) is 15.3 Å². The molecule has 4 aromatic rings. The van der Waals surface area contributed by atoms with Gasteiger partial charge in [-0.15, -0.1) is 0 Å². The molecule has 4 rings (SSSR count). The molecule has 7 nitrogen and oxygen atoms in total. The Morgan fingerprint density at radius 2 is 1.67 bits per heavy atom. The Morgan fingerprint density at radius 1 is 0.933 bits per heavy atom. The van der Waals surface area contributed by atoms with Crippen LogP contribution in [0.3, 0.4) is 0 Å². The zero-order valence-corrected chi connectivity index (χ0v) is 15.9. The molecule has 0 saturated heterocycles. The van der Waals surface area contributed by atoms with E-state index in [-0.39, 0.29) is 0 Å². The van der Waals surface area contributed by atoms with Crippen LogP contribution < -0.4 is 16.8 Å². The van der Waals surface area contributed by atoms with Crippen molar-refractivity contribution in [1.29, 1.82) is 0 Å². The van der Waals surface area contributed by atoms with E-state index in [1.807, 2.05) is 36.4 Å². The SMILES string of the molecule is NC(=O)/C(=C\c1c[nH]c2nccc(Nc3ccc(C(N)=O)cc3)c12)c1ccccc1. The van der Waals surface area contributed by atoms with Gasteiger partial charge in [-0.2, -0.15) is 0 Å². The van der Waals surface area contributed by atoms with Gasteiger partial charge < -0.3 is 21.8 Å². The maximum atomic E-state index is 12.1. The number of nitrogens with one attached hydrogen (secondary N) is 2. The largest absolute Gasteiger partial charge is 0.366 e. The molecule has 2 amide bonds. The average molecular weight is 397 g/mol. The summed E-state index contributed by atoms with van der Waals surface area (Å²) in [6.45, 7) is 0. The van der Waals surface area contributed by atoms with Crippen molar-refractivity contribution in [1.82, 2.24) is 9.97 Å². The van der Waals surface area contributed by atoms with Gasteiger partial charge in [0.05, 0.1) is 5.69 Å². The summed E-state index contributed by atoms with van der Waals surface area (Å²) >= 11 is 0. The molecular formula is C23H19N5O2. The normalized spacial score (nSPS) is 11.4. The number of nitrogens with two attached hydrogens (primary N) is 2. The second-order valence-corrected chi connectivity index (χ2v) is 6.68. The molecule has 0 spiro atoms. The van der Waals surface area contributed by atoms with Crippen LogP contribution in [-0.2, 0) is 4.79 Å². The Kier molecular flexibility index (Phi) is 5.00. The van der Waals surface area contributed by atoms with Gasteiger partial charge >= 0.3 is 0 Å². The first kappa shape index (κ1) is 18.9. The zero-order valence-electron chi connectivity index (χ0n) is 15.9. The van der Waals surface area contributed by atoms with E-state index in [1.165, 1.54) is 0 Å². The van der Waals surface area contributed by atoms with E-state index in [0.29, 0.717) is 16.8 Å². The topological polar surface area (TPSA) is 127 Å². The summed E-state index contributed by atoms with van der Waals surface area (Å²) < 4.78 is 0. The van der Waals surface area contributed by atoms with E-state index in [0.717, 1.165) is 27.9 Å². The second kappa shape index (κ2) is 7.92. The third-order valence-corrected chi connectivity index (χ3v) is 4.70. The van der Waals surface area contributed by atoms with Crippen molar-refractivity contribution in [2.75, 3.05) is 5.32 Å². The van der Waals surface area contributed by atoms with E-state index in [9.17, 15) is 9.59 Å². The number of carbonyl (C=O) groups is 2. The van der Waals surface area contributed by atoms with Gasteiger partial charge in [-0.05, 0) is 42.0 Å². The summed E-state index contributed by atoms with van der Waals surface area (Å²) in [6, 6.07) is 17.9. The highest BCUT2D eigenvalue weighted by Crippen LogP contribution is 2.30. The molecule has 0 fully saturated rings. The first-order valence-electron chi connectivity index (χ1n) is 9.23. The number of hydrogen-bond donors (Lipinski definition) is 4. The number of carbonyl (C=O) groups excluding carboxylic acids is 2. The number of fused-ring (bicyclic) bond motifs is 1. The number of hydrogen-bond acceptors (Lipinski definition) is 4. The Bertz CT molecular complexity index is 1260. The third kappa shape index (κ3) is 3.77. The lowest BCUT2D eigenvalue weighted by atomic mass is 10.0. The summed E-state index contributed by atoms with van der Waals surface area (Å²) in [5, 5.41) is 4.14. The number of primary amides is 2. The minimum atomic E-state index is -0.518. The van der Waals surface area contributed by atoms with E-state index in [4.69, 9.17) is 11.5 Å². The predicted octanol–water partition coefficient (Wildman–Crippen LogP) is 3.43. The number of benzene rings is 2. The number of pyridine rings is 1. The van der Waals surface area contributed by atoms with Crippen molar-refractivity contribution in [3.63, 3.8) is 0 Å². The van der Waals surface area contributed by atoms with Crippen molar-refractivity contribution in [3.05, 3.63) is 89.7 Å². The van der Waals surface area contributed by atoms with Crippen molar-refractivity contribution in [2.45, 2.75) is 0 Å². The fourth-order valence-electron chi connectivity index (χ4n) is 3.24. The molecule has 0 bridgehead atoms. The summed E-state index contributed by atoms with van der Waals surface area (Å²) in [4.78, 5) is 30.9. The van der Waals surface area contributed by atoms with Gasteiger partial charge in [-0.3, -0.25) is 9.59 Å². The van der Waals surface area contributed by atoms with Crippen LogP contribution in [0.25, 0.3) is 22.7 Å². The number of aromatic amines is 1. The van der Waals surface area contributed by atoms with E-state index in [1.54, 1.807) is 42.7 Å². The van der Waals surface area contributed by atoms with Gasteiger partial charge in [0, 0.05) is 40.2 Å². The summed E-state index contributed by atoms with van der Waals surface area (Å²) in [6.07, 6.45) is 5.21. The van der Waals surface area contributed by atoms with Crippen LogP contribution in [0.15, 0.2) is 73.1 Å². The predicted molar refractivity (Wildman–Crippen MR) is 118 cm³/mol. The average Bonchev–Trinajstić information content (AvgIpc) is 3.17. The minimum Gasteiger partial charge on any atom is -0.366 e. The standard InChI is InChI=1S/C23H19N5O2/c24-21(29)15-6-8-17(9-7-15)28-19-10-11-26-23-20(19)16(13-27-23)12-18(22(25)30)14-4-2-1-3-5-14/h1-13H,(H2,24,29)(H2,25,30)(H2,26,27,28)/b18-12-. The number of rotatable bonds is 6. The molecule has 0 saturated carbocycles. The quantitative estimate of drug-likeness (QED) is 0.372. The van der Waals surface area contributed by atoms with Crippen LogP contribution in [-0.4, -0.2) is 21.8 Å². The van der Waals surface area contributed by atoms with Crippen LogP contribution in [0, 0.1) is 0 Å². The molecule has 30 heavy (non-hydrogen) atoms. The highest BCUT2D eigenvalue weighted by molar-refractivity contribution is 6.24. The maximum Gasteiger partial charge on any atom is 0.249 e. The molecule has 148 valence electrons. The molecule has 6 N–H and O–H groups in total. The molecule has 2 heterocycles. The maximum absolute atomic E-state index is 12.1. The van der Waals surface area contributed by atoms with Gasteiger partial charge in [0.1, 0.15) is 5.65 Å². The number of H-pyrrole nitrogens is 1. The lowest BCUT2D eigenvalue weighted by Gasteiger charge is -2.09. The number of anilines is 2. The van der Waals surface area contributed by atoms with Crippen molar-refractivity contribution < 1.29 is 9.59 Å². The van der Waals surface area contributed by atoms with Crippen LogP contribution in [0.1, 0.15) is 21.5 Å². The van der Waals surface area contributed by atoms with Crippen LogP contribution in [0.5, 0.6) is 0 Å². The lowest BCUT2D eigenvalue weighted by molar-refractivity contribution is -0.112. The first-order chi connectivity index (χ1) is 14.5. The van der Waals surface area contributed by atoms with Crippen molar-refractivity contribution in [3.8, 4) is 0 Å². The highest BCUT2D eigenvalue weighted by Gasteiger charge is 2.13. The Balaban J connectivity index is 1.77. The van der Waals surface area contributed by atoms with Gasteiger partial charge in [-0.25, -0.2) is 4.98 Å². The molecule has 0 radical (unpaired) electrons. The fourth-order valence-corrected chi connectivity index (χ4v) is 3.24. The highest BCUT2D eigenvalue weighted by atomic mass is 16.1. The monoisotopic (exact) mass is 397 g/mol. The van der Waals surface area contributed by atoms with Crippen LogP contribution >= 0.6 is 0 Å². The molecule has 2 aromatic heterocycles. The molecule has 0 aliphatic rings. The zero-order chi connectivity index (χ0) is 21.1. The van der Waals surface area contributed by atoms with Crippen molar-refractivity contribution in [2.24, 2.45) is 11.5 Å². The molecule has 0 aliphatic carbocycles. The van der Waals surface area contributed by atoms with Crippen LogP contribution in [0.2, 0.25) is 0 Å². The first-order valence-corrected chi connectivity index (χ1v) is 9.23. The fraction of sp³-hybridized carbons (Fsp3) is 0.